The first-order valence-corrected chi connectivity index (χ1v) is 12.2. The number of hydrogen-bond donors (Lipinski definition) is 1. The normalized spacial score (nSPS) is 20.4. The fourth-order valence-electron chi connectivity index (χ4n) is 4.79. The van der Waals surface area contributed by atoms with E-state index in [-0.39, 0.29) is 17.3 Å². The molecule has 0 aliphatic carbocycles. The third-order valence-electron chi connectivity index (χ3n) is 6.48. The van der Waals surface area contributed by atoms with Crippen LogP contribution in [-0.4, -0.2) is 73.1 Å². The van der Waals surface area contributed by atoms with Crippen molar-refractivity contribution in [2.45, 2.75) is 43.4 Å². The molecule has 0 saturated carbocycles. The second-order valence-corrected chi connectivity index (χ2v) is 10.2. The molecule has 1 amide bonds. The number of rotatable bonds is 4. The van der Waals surface area contributed by atoms with Crippen LogP contribution in [-0.2, 0) is 25.0 Å². The topological polar surface area (TPSA) is 95.6 Å². The summed E-state index contributed by atoms with van der Waals surface area (Å²) in [5.41, 5.74) is 1.42. The van der Waals surface area contributed by atoms with E-state index in [4.69, 9.17) is 4.74 Å². The van der Waals surface area contributed by atoms with Crippen LogP contribution in [0.25, 0.3) is 0 Å². The molecule has 0 unspecified atom stereocenters. The van der Waals surface area contributed by atoms with Crippen molar-refractivity contribution in [2.24, 2.45) is 0 Å². The summed E-state index contributed by atoms with van der Waals surface area (Å²) in [6, 6.07) is 9.92. The second kappa shape index (κ2) is 8.72. The summed E-state index contributed by atoms with van der Waals surface area (Å²) >= 11 is 0. The molecular weight excluding hydrogens is 416 g/mol. The molecule has 31 heavy (non-hydrogen) atoms. The zero-order chi connectivity index (χ0) is 22.1. The molecule has 2 saturated heterocycles. The summed E-state index contributed by atoms with van der Waals surface area (Å²) in [6.45, 7) is 6.10. The number of hydrogen-bond acceptors (Lipinski definition) is 5. The molecule has 0 bridgehead atoms. The number of sulfonamides is 1. The molecule has 9 heteroatoms. The Morgan fingerprint density at radius 2 is 1.77 bits per heavy atom. The quantitative estimate of drug-likeness (QED) is 0.775. The Morgan fingerprint density at radius 1 is 1.06 bits per heavy atom. The highest BCUT2D eigenvalue weighted by Gasteiger charge is 2.44. The van der Waals surface area contributed by atoms with Crippen LogP contribution >= 0.6 is 0 Å². The Labute approximate surface area is 183 Å². The molecule has 2 fully saturated rings. The Kier molecular flexibility index (Phi) is 6.18. The molecule has 0 radical (unpaired) electrons. The van der Waals surface area contributed by atoms with Gasteiger partial charge in [-0.1, -0.05) is 30.3 Å². The summed E-state index contributed by atoms with van der Waals surface area (Å²) in [7, 11) is -3.66. The smallest absolute Gasteiger partial charge is 0.246 e. The molecular formula is C22H30N4O4S. The minimum Gasteiger partial charge on any atom is -0.381 e. The van der Waals surface area contributed by atoms with Crippen LogP contribution in [0.3, 0.4) is 0 Å². The summed E-state index contributed by atoms with van der Waals surface area (Å²) < 4.78 is 33.6. The number of benzene rings is 1. The largest absolute Gasteiger partial charge is 0.381 e. The molecule has 168 valence electrons. The van der Waals surface area contributed by atoms with E-state index in [2.05, 4.69) is 10.2 Å². The number of nitrogens with zero attached hydrogens (tertiary/aromatic N) is 3. The molecule has 0 spiro atoms. The number of ether oxygens (including phenoxy) is 1. The zero-order valence-corrected chi connectivity index (χ0v) is 19.0. The minimum absolute atomic E-state index is 0.0805. The lowest BCUT2D eigenvalue weighted by molar-refractivity contribution is -0.141. The van der Waals surface area contributed by atoms with Gasteiger partial charge in [-0.25, -0.2) is 8.42 Å². The fraction of sp³-hybridized carbons (Fsp3) is 0.545. The number of aromatic nitrogens is 2. The maximum Gasteiger partial charge on any atom is 0.246 e. The highest BCUT2D eigenvalue weighted by atomic mass is 32.2. The van der Waals surface area contributed by atoms with E-state index in [0.717, 1.165) is 5.56 Å². The third kappa shape index (κ3) is 4.02. The Bertz CT molecular complexity index is 1010. The Morgan fingerprint density at radius 3 is 2.42 bits per heavy atom. The number of aromatic amines is 1. The lowest BCUT2D eigenvalue weighted by atomic mass is 9.73. The second-order valence-electron chi connectivity index (χ2n) is 8.37. The van der Waals surface area contributed by atoms with Crippen molar-refractivity contribution in [1.82, 2.24) is 19.4 Å². The number of H-pyrrole nitrogens is 1. The summed E-state index contributed by atoms with van der Waals surface area (Å²) in [6.07, 6.45) is 1.88. The van der Waals surface area contributed by atoms with Crippen LogP contribution in [0.15, 0.2) is 35.2 Å². The van der Waals surface area contributed by atoms with Crippen molar-refractivity contribution in [3.05, 3.63) is 47.3 Å². The summed E-state index contributed by atoms with van der Waals surface area (Å²) in [4.78, 5) is 15.9. The van der Waals surface area contributed by atoms with Crippen LogP contribution in [0.5, 0.6) is 0 Å². The van der Waals surface area contributed by atoms with Gasteiger partial charge in [-0.15, -0.1) is 0 Å². The Hall–Kier alpha value is -2.23. The van der Waals surface area contributed by atoms with Gasteiger partial charge in [-0.05, 0) is 38.7 Å². The van der Waals surface area contributed by atoms with Gasteiger partial charge in [-0.3, -0.25) is 9.89 Å². The molecule has 1 aromatic heterocycles. The summed E-state index contributed by atoms with van der Waals surface area (Å²) in [5.74, 6) is 0.0805. The molecule has 2 aromatic rings. The molecule has 1 aromatic carbocycles. The molecule has 2 aliphatic rings. The van der Waals surface area contributed by atoms with Gasteiger partial charge >= 0.3 is 0 Å². The molecule has 8 nitrogen and oxygen atoms in total. The number of carbonyl (C=O) groups is 1. The fourth-order valence-corrected chi connectivity index (χ4v) is 6.59. The average molecular weight is 447 g/mol. The van der Waals surface area contributed by atoms with Crippen molar-refractivity contribution in [2.75, 3.05) is 39.4 Å². The van der Waals surface area contributed by atoms with E-state index >= 15 is 0 Å². The highest BCUT2D eigenvalue weighted by molar-refractivity contribution is 7.89. The lowest BCUT2D eigenvalue weighted by Crippen LogP contribution is -2.51. The number of amides is 1. The van der Waals surface area contributed by atoms with E-state index in [1.807, 2.05) is 35.2 Å². The van der Waals surface area contributed by atoms with Gasteiger partial charge in [0, 0.05) is 39.4 Å². The highest BCUT2D eigenvalue weighted by Crippen LogP contribution is 2.37. The SMILES string of the molecule is Cc1n[nH]c(C)c1S(=O)(=O)N1CCCN(C(=O)C2(c3ccccc3)CCOCC2)CC1. The van der Waals surface area contributed by atoms with Crippen molar-refractivity contribution in [3.8, 4) is 0 Å². The van der Waals surface area contributed by atoms with Gasteiger partial charge < -0.3 is 9.64 Å². The number of aryl methyl sites for hydroxylation is 2. The predicted molar refractivity (Wildman–Crippen MR) is 116 cm³/mol. The molecule has 2 aliphatic heterocycles. The van der Waals surface area contributed by atoms with Crippen LogP contribution in [0.2, 0.25) is 0 Å². The van der Waals surface area contributed by atoms with Crippen LogP contribution in [0.1, 0.15) is 36.2 Å². The van der Waals surface area contributed by atoms with E-state index < -0.39 is 15.4 Å². The summed E-state index contributed by atoms with van der Waals surface area (Å²) in [5, 5.41) is 6.80. The van der Waals surface area contributed by atoms with E-state index in [0.29, 0.717) is 63.5 Å². The molecule has 3 heterocycles. The monoisotopic (exact) mass is 446 g/mol. The predicted octanol–water partition coefficient (Wildman–Crippen LogP) is 2.00. The van der Waals surface area contributed by atoms with Gasteiger partial charge in [0.2, 0.25) is 15.9 Å². The van der Waals surface area contributed by atoms with Gasteiger partial charge in [-0.2, -0.15) is 9.40 Å². The van der Waals surface area contributed by atoms with Crippen molar-refractivity contribution < 1.29 is 17.9 Å². The standard InChI is InChI=1S/C22H30N4O4S/c1-17-20(18(2)24-23-17)31(28,29)26-12-6-11-25(13-14-26)21(27)22(9-15-30-16-10-22)19-7-4-3-5-8-19/h3-5,7-8H,6,9-16H2,1-2H3,(H,23,24). The van der Waals surface area contributed by atoms with Crippen LogP contribution < -0.4 is 0 Å². The first kappa shape index (κ1) is 22.0. The van der Waals surface area contributed by atoms with Crippen molar-refractivity contribution in [3.63, 3.8) is 0 Å². The van der Waals surface area contributed by atoms with Gasteiger partial charge in [0.25, 0.3) is 0 Å². The van der Waals surface area contributed by atoms with Gasteiger partial charge in [0.1, 0.15) is 4.90 Å². The zero-order valence-electron chi connectivity index (χ0n) is 18.1. The Balaban J connectivity index is 1.56. The average Bonchev–Trinajstić information content (AvgIpc) is 2.98. The van der Waals surface area contributed by atoms with Crippen LogP contribution in [0, 0.1) is 13.8 Å². The van der Waals surface area contributed by atoms with E-state index in [1.54, 1.807) is 13.8 Å². The molecule has 1 N–H and O–H groups in total. The van der Waals surface area contributed by atoms with Crippen molar-refractivity contribution >= 4 is 15.9 Å². The maximum absolute atomic E-state index is 13.8. The van der Waals surface area contributed by atoms with Crippen LogP contribution in [0.4, 0.5) is 0 Å². The number of nitrogens with one attached hydrogen (secondary N) is 1. The first-order valence-electron chi connectivity index (χ1n) is 10.8. The maximum atomic E-state index is 13.8. The lowest BCUT2D eigenvalue weighted by Gasteiger charge is -2.40. The number of carbonyl (C=O) groups excluding carboxylic acids is 1. The van der Waals surface area contributed by atoms with E-state index in [9.17, 15) is 13.2 Å². The minimum atomic E-state index is -3.66. The molecule has 4 rings (SSSR count). The molecule has 0 atom stereocenters. The van der Waals surface area contributed by atoms with Gasteiger partial charge in [0.15, 0.2) is 0 Å². The van der Waals surface area contributed by atoms with Gasteiger partial charge in [0.05, 0.1) is 16.8 Å². The first-order chi connectivity index (χ1) is 14.9. The van der Waals surface area contributed by atoms with Crippen molar-refractivity contribution in [1.29, 1.82) is 0 Å². The third-order valence-corrected chi connectivity index (χ3v) is 8.65. The van der Waals surface area contributed by atoms with E-state index in [1.165, 1.54) is 4.31 Å².